The molecule has 0 saturated carbocycles. The summed E-state index contributed by atoms with van der Waals surface area (Å²) in [7, 11) is 0. The Kier molecular flexibility index (Phi) is 5.33. The van der Waals surface area contributed by atoms with Gasteiger partial charge >= 0.3 is 0 Å². The molecule has 26 heavy (non-hydrogen) atoms. The number of nitrogens with one attached hydrogen (secondary N) is 1. The Morgan fingerprint density at radius 3 is 2.85 bits per heavy atom. The maximum Gasteiger partial charge on any atom is 0.292 e. The number of hydrogen-bond donors (Lipinski definition) is 1. The Morgan fingerprint density at radius 1 is 1.38 bits per heavy atom. The van der Waals surface area contributed by atoms with Crippen LogP contribution in [0.5, 0.6) is 0 Å². The van der Waals surface area contributed by atoms with Crippen molar-refractivity contribution in [2.24, 2.45) is 0 Å². The molecule has 0 bridgehead atoms. The average Bonchev–Trinajstić information content (AvgIpc) is 2.57. The number of amides is 2. The van der Waals surface area contributed by atoms with Crippen molar-refractivity contribution in [1.29, 1.82) is 0 Å². The highest BCUT2D eigenvalue weighted by molar-refractivity contribution is 8.00. The third-order valence-electron chi connectivity index (χ3n) is 3.76. The molecule has 136 valence electrons. The molecule has 1 aromatic carbocycles. The summed E-state index contributed by atoms with van der Waals surface area (Å²) in [6.45, 7) is 3.42. The molecule has 1 N–H and O–H groups in total. The molecule has 0 unspecified atom stereocenters. The minimum atomic E-state index is -0.460. The zero-order chi connectivity index (χ0) is 18.8. The predicted molar refractivity (Wildman–Crippen MR) is 102 cm³/mol. The molecule has 0 atom stereocenters. The molecule has 0 radical (unpaired) electrons. The molecule has 1 aromatic heterocycles. The zero-order valence-corrected chi connectivity index (χ0v) is 15.8. The molecular formula is C17H17ClN4O3S. The molecule has 7 nitrogen and oxygen atoms in total. The summed E-state index contributed by atoms with van der Waals surface area (Å²) in [5.74, 6) is -0.269. The Labute approximate surface area is 159 Å². The summed E-state index contributed by atoms with van der Waals surface area (Å²) in [5, 5.41) is 7.24. The van der Waals surface area contributed by atoms with Gasteiger partial charge in [0.25, 0.3) is 5.56 Å². The lowest BCUT2D eigenvalue weighted by Gasteiger charge is -2.31. The van der Waals surface area contributed by atoms with Crippen LogP contribution in [0.2, 0.25) is 5.02 Å². The molecule has 2 heterocycles. The molecule has 0 aliphatic carbocycles. The van der Waals surface area contributed by atoms with Crippen LogP contribution in [-0.4, -0.2) is 33.4 Å². The van der Waals surface area contributed by atoms with Crippen molar-refractivity contribution in [3.05, 3.63) is 45.8 Å². The largest absolute Gasteiger partial charge is 0.324 e. The van der Waals surface area contributed by atoms with E-state index in [0.29, 0.717) is 15.6 Å². The Balaban J connectivity index is 1.87. The zero-order valence-electron chi connectivity index (χ0n) is 14.2. The monoisotopic (exact) mass is 392 g/mol. The molecule has 0 spiro atoms. The predicted octanol–water partition coefficient (Wildman–Crippen LogP) is 2.38. The molecule has 3 rings (SSSR count). The lowest BCUT2D eigenvalue weighted by molar-refractivity contribution is -0.117. The first-order chi connectivity index (χ1) is 12.4. The first-order valence-corrected chi connectivity index (χ1v) is 9.33. The molecule has 2 amide bonds. The quantitative estimate of drug-likeness (QED) is 0.863. The average molecular weight is 393 g/mol. The van der Waals surface area contributed by atoms with Gasteiger partial charge in [0, 0.05) is 16.8 Å². The van der Waals surface area contributed by atoms with Crippen molar-refractivity contribution in [3.8, 4) is 0 Å². The lowest BCUT2D eigenvalue weighted by Crippen LogP contribution is -2.45. The number of aromatic nitrogens is 2. The Bertz CT molecular complexity index is 928. The van der Waals surface area contributed by atoms with Gasteiger partial charge in [0.1, 0.15) is 12.2 Å². The highest BCUT2D eigenvalue weighted by Gasteiger charge is 2.30. The molecule has 9 heteroatoms. The number of nitrogens with zero attached hydrogens (tertiary/aromatic N) is 3. The van der Waals surface area contributed by atoms with Crippen molar-refractivity contribution in [2.75, 3.05) is 16.0 Å². The van der Waals surface area contributed by atoms with Crippen LogP contribution in [0.1, 0.15) is 13.8 Å². The normalized spacial score (nSPS) is 13.7. The Morgan fingerprint density at radius 2 is 2.15 bits per heavy atom. The van der Waals surface area contributed by atoms with E-state index in [2.05, 4.69) is 10.4 Å². The smallest absolute Gasteiger partial charge is 0.292 e. The standard InChI is InChI=1S/C17H17ClN4O3S/c1-10(2)22-15(24)9-26-13-7-19-21(17(25)16(13)22)8-14(23)20-12-5-3-4-11(18)6-12/h3-7,10H,8-9H2,1-2H3,(H,20,23). The number of thioether (sulfide) groups is 1. The number of fused-ring (bicyclic) bond motifs is 1. The number of benzene rings is 1. The van der Waals surface area contributed by atoms with Gasteiger partial charge in [-0.3, -0.25) is 14.4 Å². The highest BCUT2D eigenvalue weighted by Crippen LogP contribution is 2.32. The van der Waals surface area contributed by atoms with E-state index in [1.54, 1.807) is 24.3 Å². The van der Waals surface area contributed by atoms with Crippen molar-refractivity contribution in [1.82, 2.24) is 9.78 Å². The van der Waals surface area contributed by atoms with Crippen LogP contribution in [0.25, 0.3) is 0 Å². The molecule has 1 aliphatic rings. The van der Waals surface area contributed by atoms with Crippen LogP contribution in [0.3, 0.4) is 0 Å². The fourth-order valence-corrected chi connectivity index (χ4v) is 3.74. The van der Waals surface area contributed by atoms with Gasteiger partial charge in [0.15, 0.2) is 0 Å². The van der Waals surface area contributed by atoms with Gasteiger partial charge in [0.2, 0.25) is 11.8 Å². The van der Waals surface area contributed by atoms with Gasteiger partial charge in [-0.1, -0.05) is 17.7 Å². The van der Waals surface area contributed by atoms with Crippen molar-refractivity contribution < 1.29 is 9.59 Å². The van der Waals surface area contributed by atoms with Crippen LogP contribution in [0.4, 0.5) is 11.4 Å². The van der Waals surface area contributed by atoms with E-state index in [9.17, 15) is 14.4 Å². The molecule has 2 aromatic rings. The summed E-state index contributed by atoms with van der Waals surface area (Å²) in [5.41, 5.74) is 0.354. The highest BCUT2D eigenvalue weighted by atomic mass is 35.5. The summed E-state index contributed by atoms with van der Waals surface area (Å²) in [6.07, 6.45) is 1.52. The van der Waals surface area contributed by atoms with Crippen molar-refractivity contribution >= 4 is 46.6 Å². The van der Waals surface area contributed by atoms with Crippen molar-refractivity contribution in [3.63, 3.8) is 0 Å². The van der Waals surface area contributed by atoms with Crippen LogP contribution < -0.4 is 15.8 Å². The van der Waals surface area contributed by atoms with Gasteiger partial charge < -0.3 is 10.2 Å². The minimum absolute atomic E-state index is 0.129. The maximum absolute atomic E-state index is 12.8. The molecule has 0 fully saturated rings. The molecular weight excluding hydrogens is 376 g/mol. The Hall–Kier alpha value is -2.32. The van der Waals surface area contributed by atoms with Crippen LogP contribution in [-0.2, 0) is 16.1 Å². The SMILES string of the molecule is CC(C)N1C(=O)CSc2cnn(CC(=O)Nc3cccc(Cl)c3)c(=O)c21. The van der Waals surface area contributed by atoms with E-state index in [-0.39, 0.29) is 29.9 Å². The lowest BCUT2D eigenvalue weighted by atomic mass is 10.2. The third kappa shape index (κ3) is 3.76. The first-order valence-electron chi connectivity index (χ1n) is 7.97. The summed E-state index contributed by atoms with van der Waals surface area (Å²) in [6, 6.07) is 6.55. The van der Waals surface area contributed by atoms with E-state index < -0.39 is 11.5 Å². The summed E-state index contributed by atoms with van der Waals surface area (Å²) >= 11 is 7.18. The van der Waals surface area contributed by atoms with E-state index >= 15 is 0 Å². The van der Waals surface area contributed by atoms with E-state index in [1.165, 1.54) is 22.9 Å². The van der Waals surface area contributed by atoms with E-state index in [1.807, 2.05) is 13.8 Å². The number of rotatable bonds is 4. The van der Waals surface area contributed by atoms with Gasteiger partial charge in [-0.05, 0) is 32.0 Å². The molecule has 1 aliphatic heterocycles. The fourth-order valence-electron chi connectivity index (χ4n) is 2.69. The van der Waals surface area contributed by atoms with Gasteiger partial charge in [0.05, 0.1) is 16.8 Å². The minimum Gasteiger partial charge on any atom is -0.324 e. The van der Waals surface area contributed by atoms with Gasteiger partial charge in [-0.15, -0.1) is 11.8 Å². The second-order valence-electron chi connectivity index (χ2n) is 6.02. The van der Waals surface area contributed by atoms with Crippen molar-refractivity contribution in [2.45, 2.75) is 31.3 Å². The van der Waals surface area contributed by atoms with Crippen LogP contribution in [0, 0.1) is 0 Å². The van der Waals surface area contributed by atoms with Crippen LogP contribution in [0.15, 0.2) is 40.2 Å². The number of halogens is 1. The maximum atomic E-state index is 12.8. The van der Waals surface area contributed by atoms with E-state index in [0.717, 1.165) is 4.68 Å². The van der Waals surface area contributed by atoms with Crippen LogP contribution >= 0.6 is 23.4 Å². The van der Waals surface area contributed by atoms with Gasteiger partial charge in [-0.25, -0.2) is 4.68 Å². The number of carbonyl (C=O) groups is 2. The molecule has 0 saturated heterocycles. The summed E-state index contributed by atoms with van der Waals surface area (Å²) in [4.78, 5) is 39.4. The number of carbonyl (C=O) groups excluding carboxylic acids is 2. The second kappa shape index (κ2) is 7.51. The third-order valence-corrected chi connectivity index (χ3v) is 5.00. The number of hydrogen-bond acceptors (Lipinski definition) is 5. The van der Waals surface area contributed by atoms with Gasteiger partial charge in [-0.2, -0.15) is 5.10 Å². The summed E-state index contributed by atoms with van der Waals surface area (Å²) < 4.78 is 1.06. The fraction of sp³-hybridized carbons (Fsp3) is 0.294. The number of anilines is 2. The topological polar surface area (TPSA) is 84.3 Å². The first kappa shape index (κ1) is 18.5. The van der Waals surface area contributed by atoms with E-state index in [4.69, 9.17) is 11.6 Å². The second-order valence-corrected chi connectivity index (χ2v) is 7.48.